The van der Waals surface area contributed by atoms with E-state index in [0.29, 0.717) is 24.5 Å². The van der Waals surface area contributed by atoms with Gasteiger partial charge < -0.3 is 19.3 Å². The summed E-state index contributed by atoms with van der Waals surface area (Å²) in [6.45, 7) is 0. The van der Waals surface area contributed by atoms with Crippen LogP contribution in [0.5, 0.6) is 11.5 Å². The Morgan fingerprint density at radius 1 is 0.868 bits per heavy atom. The highest BCUT2D eigenvalue weighted by molar-refractivity contribution is 14.1. The molecule has 1 N–H and O–H groups in total. The molecule has 6 unspecified atom stereocenters. The molecule has 1 aromatic rings. The van der Waals surface area contributed by atoms with Gasteiger partial charge in [-0.2, -0.15) is 9.80 Å². The van der Waals surface area contributed by atoms with E-state index in [0.717, 1.165) is 14.2 Å². The van der Waals surface area contributed by atoms with Crippen molar-refractivity contribution in [3.05, 3.63) is 32.9 Å². The van der Waals surface area contributed by atoms with E-state index in [1.807, 2.05) is 22.6 Å². The lowest BCUT2D eigenvalue weighted by Gasteiger charge is -2.44. The standard InChI is InChI=1S/C25H23IN2O10/c1-36-15-7-9(6-14(26)19(15)29)16-10-4-5-11-17(22(32)27(20(11)30)24(34)37-2)12(10)8-13-18(16)23(33)28(21(13)31)25(35)38-3/h4,6-7,11-13,16-18,29H,5,8H2,1-3H3. The number of benzene rings is 1. The quantitative estimate of drug-likeness (QED) is 0.289. The maximum Gasteiger partial charge on any atom is 0.423 e. The molecular weight excluding hydrogens is 615 g/mol. The lowest BCUT2D eigenvalue weighted by atomic mass is 9.57. The third-order valence-electron chi connectivity index (χ3n) is 7.99. The molecule has 6 amide bonds. The van der Waals surface area contributed by atoms with Crippen molar-refractivity contribution in [3.8, 4) is 11.5 Å². The average Bonchev–Trinajstić information content (AvgIpc) is 3.31. The van der Waals surface area contributed by atoms with Crippen molar-refractivity contribution in [1.29, 1.82) is 0 Å². The van der Waals surface area contributed by atoms with Crippen molar-refractivity contribution in [2.75, 3.05) is 21.3 Å². The van der Waals surface area contributed by atoms with Gasteiger partial charge in [-0.1, -0.05) is 11.6 Å². The second-order valence-corrected chi connectivity index (χ2v) is 10.7. The van der Waals surface area contributed by atoms with Gasteiger partial charge in [-0.15, -0.1) is 0 Å². The molecule has 1 aromatic carbocycles. The van der Waals surface area contributed by atoms with Gasteiger partial charge in [-0.25, -0.2) is 9.59 Å². The number of nitrogens with zero attached hydrogens (tertiary/aromatic N) is 2. The molecule has 2 aliphatic carbocycles. The largest absolute Gasteiger partial charge is 0.504 e. The molecule has 3 fully saturated rings. The zero-order valence-corrected chi connectivity index (χ0v) is 22.7. The fraction of sp³-hybridized carbons (Fsp3) is 0.440. The van der Waals surface area contributed by atoms with Crippen LogP contribution in [-0.4, -0.2) is 72.1 Å². The fourth-order valence-electron chi connectivity index (χ4n) is 6.43. The molecule has 5 rings (SSSR count). The Morgan fingerprint density at radius 3 is 2.03 bits per heavy atom. The number of hydrogen-bond donors (Lipinski definition) is 1. The van der Waals surface area contributed by atoms with Crippen molar-refractivity contribution >= 4 is 58.4 Å². The van der Waals surface area contributed by atoms with Crippen LogP contribution in [0.2, 0.25) is 0 Å². The van der Waals surface area contributed by atoms with Crippen LogP contribution in [0.4, 0.5) is 9.59 Å². The Kier molecular flexibility index (Phi) is 6.44. The third kappa shape index (κ3) is 3.54. The number of allylic oxidation sites excluding steroid dienone is 2. The van der Waals surface area contributed by atoms with Crippen LogP contribution in [0.1, 0.15) is 24.3 Å². The molecule has 200 valence electrons. The van der Waals surface area contributed by atoms with Gasteiger partial charge in [0.25, 0.3) is 0 Å². The highest BCUT2D eigenvalue weighted by Crippen LogP contribution is 2.58. The highest BCUT2D eigenvalue weighted by atomic mass is 127. The molecule has 4 aliphatic rings. The Hall–Kier alpha value is -3.49. The summed E-state index contributed by atoms with van der Waals surface area (Å²) >= 11 is 1.91. The molecule has 13 heteroatoms. The van der Waals surface area contributed by atoms with Crippen LogP contribution in [-0.2, 0) is 28.7 Å². The highest BCUT2D eigenvalue weighted by Gasteiger charge is 2.63. The maximum absolute atomic E-state index is 13.5. The molecule has 38 heavy (non-hydrogen) atoms. The number of phenols is 1. The van der Waals surface area contributed by atoms with Crippen LogP contribution in [0.3, 0.4) is 0 Å². The van der Waals surface area contributed by atoms with Crippen LogP contribution in [0.15, 0.2) is 23.8 Å². The van der Waals surface area contributed by atoms with E-state index in [1.165, 1.54) is 7.11 Å². The number of fused-ring (bicyclic) bond motifs is 4. The van der Waals surface area contributed by atoms with Gasteiger partial charge in [0, 0.05) is 5.92 Å². The summed E-state index contributed by atoms with van der Waals surface area (Å²) in [4.78, 5) is 79.0. The van der Waals surface area contributed by atoms with E-state index in [9.17, 15) is 33.9 Å². The Balaban J connectivity index is 1.67. The lowest BCUT2D eigenvalue weighted by molar-refractivity contribution is -0.139. The van der Waals surface area contributed by atoms with Crippen molar-refractivity contribution in [2.45, 2.75) is 18.8 Å². The van der Waals surface area contributed by atoms with Crippen molar-refractivity contribution in [1.82, 2.24) is 9.80 Å². The predicted molar refractivity (Wildman–Crippen MR) is 133 cm³/mol. The Morgan fingerprint density at radius 2 is 1.45 bits per heavy atom. The molecule has 0 aromatic heterocycles. The van der Waals surface area contributed by atoms with E-state index in [2.05, 4.69) is 9.47 Å². The van der Waals surface area contributed by atoms with Crippen molar-refractivity contribution in [2.24, 2.45) is 29.6 Å². The molecule has 0 spiro atoms. The molecule has 2 saturated heterocycles. The first-order valence-corrected chi connectivity index (χ1v) is 12.8. The first-order valence-electron chi connectivity index (χ1n) is 11.7. The normalized spacial score (nSPS) is 29.9. The van der Waals surface area contributed by atoms with Gasteiger partial charge in [0.05, 0.1) is 48.6 Å². The minimum Gasteiger partial charge on any atom is -0.504 e. The number of hydrogen-bond acceptors (Lipinski definition) is 10. The first kappa shape index (κ1) is 26.1. The lowest BCUT2D eigenvalue weighted by Crippen LogP contribution is -2.43. The number of halogens is 1. The van der Waals surface area contributed by atoms with Crippen molar-refractivity contribution in [3.63, 3.8) is 0 Å². The number of methoxy groups -OCH3 is 3. The Labute approximate surface area is 230 Å². The number of amides is 6. The second kappa shape index (κ2) is 9.36. The Bertz CT molecular complexity index is 1340. The van der Waals surface area contributed by atoms with Gasteiger partial charge in [-0.3, -0.25) is 19.2 Å². The molecule has 6 atom stereocenters. The van der Waals surface area contributed by atoms with Gasteiger partial charge >= 0.3 is 12.2 Å². The second-order valence-electron chi connectivity index (χ2n) is 9.54. The molecule has 12 nitrogen and oxygen atoms in total. The first-order chi connectivity index (χ1) is 18.1. The molecule has 2 aliphatic heterocycles. The number of ether oxygens (including phenoxy) is 3. The fourth-order valence-corrected chi connectivity index (χ4v) is 7.06. The number of aromatic hydroxyl groups is 1. The monoisotopic (exact) mass is 638 g/mol. The van der Waals surface area contributed by atoms with E-state index < -0.39 is 71.3 Å². The average molecular weight is 638 g/mol. The number of likely N-dealkylation sites (tertiary alicyclic amines) is 2. The summed E-state index contributed by atoms with van der Waals surface area (Å²) < 4.78 is 15.1. The zero-order chi connectivity index (χ0) is 27.6. The van der Waals surface area contributed by atoms with Gasteiger partial charge in [0.1, 0.15) is 0 Å². The summed E-state index contributed by atoms with van der Waals surface area (Å²) in [5.74, 6) is -8.03. The topological polar surface area (TPSA) is 157 Å². The van der Waals surface area contributed by atoms with E-state index in [1.54, 1.807) is 18.2 Å². The van der Waals surface area contributed by atoms with Crippen LogP contribution < -0.4 is 4.74 Å². The SMILES string of the molecule is COC(=O)N1C(=O)C2CC=C3C(CC4C(=O)N(C(=O)OC)C(=O)C4C3c3cc(I)c(O)c(OC)c3)C2C1=O. The van der Waals surface area contributed by atoms with Crippen LogP contribution in [0.25, 0.3) is 0 Å². The summed E-state index contributed by atoms with van der Waals surface area (Å²) in [6.07, 6.45) is -0.249. The number of phenolic OH excluding ortho intramolecular Hbond substituents is 1. The molecule has 0 radical (unpaired) electrons. The van der Waals surface area contributed by atoms with Crippen LogP contribution in [0, 0.1) is 33.2 Å². The van der Waals surface area contributed by atoms with Gasteiger partial charge in [0.2, 0.25) is 23.6 Å². The van der Waals surface area contributed by atoms with Gasteiger partial charge in [0.15, 0.2) is 11.5 Å². The summed E-state index contributed by atoms with van der Waals surface area (Å²) in [5, 5.41) is 10.4. The van der Waals surface area contributed by atoms with E-state index in [4.69, 9.17) is 4.74 Å². The molecular formula is C25H23IN2O10. The van der Waals surface area contributed by atoms with Crippen LogP contribution >= 0.6 is 22.6 Å². The predicted octanol–water partition coefficient (Wildman–Crippen LogP) is 2.17. The number of imide groups is 6. The molecule has 0 bridgehead atoms. The zero-order valence-electron chi connectivity index (χ0n) is 20.5. The smallest absolute Gasteiger partial charge is 0.423 e. The minimum absolute atomic E-state index is 0.0204. The summed E-state index contributed by atoms with van der Waals surface area (Å²) in [6, 6.07) is 3.20. The van der Waals surface area contributed by atoms with E-state index >= 15 is 0 Å². The number of carbonyl (C=O) groups excluding carboxylic acids is 6. The number of carbonyl (C=O) groups is 6. The summed E-state index contributed by atoms with van der Waals surface area (Å²) in [5.41, 5.74) is 1.18. The number of rotatable bonds is 2. The molecule has 2 heterocycles. The van der Waals surface area contributed by atoms with Gasteiger partial charge in [-0.05, 0) is 59.0 Å². The minimum atomic E-state index is -1.11. The van der Waals surface area contributed by atoms with Crippen molar-refractivity contribution < 1.29 is 48.1 Å². The maximum atomic E-state index is 13.5. The van der Waals surface area contributed by atoms with E-state index in [-0.39, 0.29) is 24.3 Å². The summed E-state index contributed by atoms with van der Waals surface area (Å²) in [7, 11) is 3.51. The third-order valence-corrected chi connectivity index (χ3v) is 8.81. The molecule has 1 saturated carbocycles.